The monoisotopic (exact) mass is 372 g/mol. The Morgan fingerprint density at radius 2 is 2.22 bits per heavy atom. The van der Waals surface area contributed by atoms with Crippen molar-refractivity contribution in [2.24, 2.45) is 5.73 Å². The second kappa shape index (κ2) is 7.61. The summed E-state index contributed by atoms with van der Waals surface area (Å²) in [6.07, 6.45) is 0.245. The second-order valence-corrected chi connectivity index (χ2v) is 8.06. The smallest absolute Gasteiger partial charge is 0.229 e. The molecule has 1 fully saturated rings. The Morgan fingerprint density at radius 1 is 1.48 bits per heavy atom. The van der Waals surface area contributed by atoms with E-state index in [1.165, 1.54) is 18.3 Å². The van der Waals surface area contributed by atoms with Gasteiger partial charge in [-0.15, -0.1) is 11.3 Å². The number of nitrogens with two attached hydrogens (primary N) is 1. The molecule has 0 bridgehead atoms. The van der Waals surface area contributed by atoms with Crippen LogP contribution in [-0.2, 0) is 14.4 Å². The number of nitrogens with one attached hydrogen (secondary N) is 1. The highest BCUT2D eigenvalue weighted by atomic mass is 32.2. The van der Waals surface area contributed by atoms with Crippen LogP contribution in [0.3, 0.4) is 0 Å². The Hall–Kier alpha value is -1.16. The molecule has 3 N–H and O–H groups in total. The van der Waals surface area contributed by atoms with E-state index in [1.807, 2.05) is 0 Å². The molecule has 1 aromatic rings. The van der Waals surface area contributed by atoms with E-state index in [4.69, 9.17) is 5.73 Å². The summed E-state index contributed by atoms with van der Waals surface area (Å²) in [5.41, 5.74) is 4.38. The Balaban J connectivity index is 2.07. The van der Waals surface area contributed by atoms with Crippen LogP contribution in [-0.4, -0.2) is 45.0 Å². The van der Waals surface area contributed by atoms with Gasteiger partial charge in [-0.25, -0.2) is 0 Å². The molecule has 2 heterocycles. The van der Waals surface area contributed by atoms with Crippen LogP contribution in [0.1, 0.15) is 23.0 Å². The number of carbonyl (C=O) groups excluding carboxylic acids is 4. The number of Topliss-reactive ketones (excluding diaryl/α,β-unsaturated/α-hetero) is 1. The molecule has 2 rings (SSSR count). The van der Waals surface area contributed by atoms with Crippen LogP contribution < -0.4 is 11.1 Å². The molecule has 0 saturated carbocycles. The maximum Gasteiger partial charge on any atom is 0.229 e. The summed E-state index contributed by atoms with van der Waals surface area (Å²) in [5.74, 6) is -0.412. The highest BCUT2D eigenvalue weighted by molar-refractivity contribution is 8.14. The summed E-state index contributed by atoms with van der Waals surface area (Å²) in [5, 5.41) is 3.73. The van der Waals surface area contributed by atoms with Crippen LogP contribution in [0.5, 0.6) is 0 Å². The van der Waals surface area contributed by atoms with E-state index in [0.717, 1.165) is 23.5 Å². The fraction of sp³-hybridized carbons (Fsp3) is 0.429. The van der Waals surface area contributed by atoms with Crippen molar-refractivity contribution in [1.82, 2.24) is 5.32 Å². The summed E-state index contributed by atoms with van der Waals surface area (Å²) in [6, 6.07) is 2.49. The van der Waals surface area contributed by atoms with Crippen molar-refractivity contribution in [1.29, 1.82) is 0 Å². The van der Waals surface area contributed by atoms with Crippen LogP contribution in [0.2, 0.25) is 0 Å². The molecular weight excluding hydrogens is 356 g/mol. The molecule has 6 nitrogen and oxygen atoms in total. The normalized spacial score (nSPS) is 21.9. The molecule has 0 radical (unpaired) electrons. The van der Waals surface area contributed by atoms with Gasteiger partial charge in [0.25, 0.3) is 0 Å². The summed E-state index contributed by atoms with van der Waals surface area (Å²) >= 11 is 3.26. The van der Waals surface area contributed by atoms with Crippen LogP contribution >= 0.6 is 34.9 Å². The van der Waals surface area contributed by atoms with Crippen LogP contribution in [0, 0.1) is 0 Å². The number of ketones is 1. The zero-order chi connectivity index (χ0) is 17.0. The summed E-state index contributed by atoms with van der Waals surface area (Å²) in [4.78, 5) is 48.4. The fourth-order valence-electron chi connectivity index (χ4n) is 2.12. The van der Waals surface area contributed by atoms with Gasteiger partial charge in [-0.1, -0.05) is 29.6 Å². The Morgan fingerprint density at radius 3 is 2.74 bits per heavy atom. The first-order valence-corrected chi connectivity index (χ1v) is 9.68. The zero-order valence-electron chi connectivity index (χ0n) is 12.4. The summed E-state index contributed by atoms with van der Waals surface area (Å²) in [7, 11) is 0. The third kappa shape index (κ3) is 4.23. The topological polar surface area (TPSA) is 106 Å². The highest BCUT2D eigenvalue weighted by Gasteiger charge is 2.48. The quantitative estimate of drug-likeness (QED) is 0.719. The molecule has 0 aromatic carbocycles. The lowest BCUT2D eigenvalue weighted by atomic mass is 9.89. The van der Waals surface area contributed by atoms with Gasteiger partial charge in [-0.05, 0) is 17.9 Å². The molecule has 1 aliphatic heterocycles. The van der Waals surface area contributed by atoms with E-state index in [2.05, 4.69) is 5.32 Å². The molecule has 2 atom stereocenters. The molecule has 23 heavy (non-hydrogen) atoms. The van der Waals surface area contributed by atoms with E-state index in [1.54, 1.807) is 17.5 Å². The Bertz CT molecular complexity index is 632. The van der Waals surface area contributed by atoms with Gasteiger partial charge in [-0.3, -0.25) is 19.2 Å². The number of rotatable bonds is 6. The minimum atomic E-state index is -1.58. The molecule has 1 amide bonds. The average Bonchev–Trinajstić information content (AvgIpc) is 3.14. The molecule has 1 aliphatic rings. The van der Waals surface area contributed by atoms with E-state index in [9.17, 15) is 19.2 Å². The number of hydrogen-bond donors (Lipinski definition) is 2. The van der Waals surface area contributed by atoms with Crippen LogP contribution in [0.15, 0.2) is 17.5 Å². The molecular formula is C14H16N2O4S3. The second-order valence-electron chi connectivity index (χ2n) is 5.05. The highest BCUT2D eigenvalue weighted by Crippen LogP contribution is 2.30. The van der Waals surface area contributed by atoms with Crippen molar-refractivity contribution in [3.05, 3.63) is 22.4 Å². The fourth-order valence-corrected chi connectivity index (χ4v) is 4.83. The van der Waals surface area contributed by atoms with Gasteiger partial charge in [0, 0.05) is 18.4 Å². The number of carbonyl (C=O) groups is 4. The Labute approximate surface area is 145 Å². The number of thiophene rings is 1. The standard InChI is InChI=1S/C14H16N2O4S3/c1-8(17)16-9(7-23-12(19)10-3-2-5-21-10)11(18)14(15)4-6-22-13(14)20/h2-3,5,9H,4,6-7,15H2,1H3,(H,16,17)/t9-,14?/m0/s1. The van der Waals surface area contributed by atoms with Crippen LogP contribution in [0.25, 0.3) is 0 Å². The minimum Gasteiger partial charge on any atom is -0.346 e. The molecule has 124 valence electrons. The van der Waals surface area contributed by atoms with Gasteiger partial charge in [-0.2, -0.15) is 0 Å². The largest absolute Gasteiger partial charge is 0.346 e. The first-order chi connectivity index (χ1) is 10.8. The molecule has 1 unspecified atom stereocenters. The molecule has 0 aliphatic carbocycles. The molecule has 1 saturated heterocycles. The molecule has 0 spiro atoms. The summed E-state index contributed by atoms with van der Waals surface area (Å²) < 4.78 is 0. The lowest BCUT2D eigenvalue weighted by Crippen LogP contribution is -2.59. The van der Waals surface area contributed by atoms with E-state index < -0.39 is 23.3 Å². The van der Waals surface area contributed by atoms with Gasteiger partial charge in [0.05, 0.1) is 10.9 Å². The minimum absolute atomic E-state index is 0.0477. The number of hydrogen-bond acceptors (Lipinski definition) is 8. The van der Waals surface area contributed by atoms with Gasteiger partial charge in [0.15, 0.2) is 5.78 Å². The maximum atomic E-state index is 12.6. The zero-order valence-corrected chi connectivity index (χ0v) is 14.8. The first-order valence-electron chi connectivity index (χ1n) is 6.83. The summed E-state index contributed by atoms with van der Waals surface area (Å²) in [6.45, 7) is 1.28. The van der Waals surface area contributed by atoms with E-state index in [-0.39, 0.29) is 22.4 Å². The van der Waals surface area contributed by atoms with Crippen molar-refractivity contribution in [2.75, 3.05) is 11.5 Å². The van der Waals surface area contributed by atoms with Gasteiger partial charge in [0.2, 0.25) is 16.1 Å². The van der Waals surface area contributed by atoms with Crippen molar-refractivity contribution in [2.45, 2.75) is 24.9 Å². The third-order valence-electron chi connectivity index (χ3n) is 3.33. The first kappa shape index (κ1) is 18.2. The van der Waals surface area contributed by atoms with E-state index >= 15 is 0 Å². The van der Waals surface area contributed by atoms with Gasteiger partial charge >= 0.3 is 0 Å². The molecule has 9 heteroatoms. The lowest BCUT2D eigenvalue weighted by Gasteiger charge is -2.25. The number of thioether (sulfide) groups is 2. The third-order valence-corrected chi connectivity index (χ3v) is 6.35. The maximum absolute atomic E-state index is 12.6. The van der Waals surface area contributed by atoms with Crippen LogP contribution in [0.4, 0.5) is 0 Å². The average molecular weight is 372 g/mol. The lowest BCUT2D eigenvalue weighted by molar-refractivity contribution is -0.133. The van der Waals surface area contributed by atoms with Crippen molar-refractivity contribution in [3.63, 3.8) is 0 Å². The molecule has 1 aromatic heterocycles. The van der Waals surface area contributed by atoms with Gasteiger partial charge < -0.3 is 11.1 Å². The van der Waals surface area contributed by atoms with Gasteiger partial charge in [0.1, 0.15) is 5.54 Å². The van der Waals surface area contributed by atoms with Crippen molar-refractivity contribution >= 4 is 56.8 Å². The van der Waals surface area contributed by atoms with Crippen molar-refractivity contribution in [3.8, 4) is 0 Å². The predicted molar refractivity (Wildman–Crippen MR) is 92.7 cm³/mol. The van der Waals surface area contributed by atoms with Crippen molar-refractivity contribution < 1.29 is 19.2 Å². The SMILES string of the molecule is CC(=O)N[C@@H](CSC(=O)c1cccs1)C(=O)C1(N)CCSC1=O. The Kier molecular flexibility index (Phi) is 6.01. The van der Waals surface area contributed by atoms with E-state index in [0.29, 0.717) is 10.6 Å². The predicted octanol–water partition coefficient (Wildman–Crippen LogP) is 1.06. The number of amides is 1.